The molecule has 4 nitrogen and oxygen atoms in total. The number of hydrogen-bond acceptors (Lipinski definition) is 2. The molecular formula is C10H14O4. The van der Waals surface area contributed by atoms with Gasteiger partial charge in [-0.1, -0.05) is 18.6 Å². The fourth-order valence-electron chi connectivity index (χ4n) is 1.88. The average molecular weight is 198 g/mol. The first-order chi connectivity index (χ1) is 6.43. The number of carboxylic acid groups (broad SMARTS) is 2. The van der Waals surface area contributed by atoms with E-state index in [-0.39, 0.29) is 5.92 Å². The van der Waals surface area contributed by atoms with E-state index in [4.69, 9.17) is 10.2 Å². The summed E-state index contributed by atoms with van der Waals surface area (Å²) in [5.41, 5.74) is 0.656. The fraction of sp³-hybridized carbons (Fsp3) is 0.600. The second kappa shape index (κ2) is 3.82. The molecule has 4 heteroatoms. The summed E-state index contributed by atoms with van der Waals surface area (Å²) in [6.45, 7) is 3.46. The summed E-state index contributed by atoms with van der Waals surface area (Å²) in [7, 11) is 0. The van der Waals surface area contributed by atoms with Gasteiger partial charge in [0.15, 0.2) is 0 Å². The first-order valence-electron chi connectivity index (χ1n) is 4.57. The Morgan fingerprint density at radius 2 is 1.93 bits per heavy atom. The molecule has 0 aromatic carbocycles. The van der Waals surface area contributed by atoms with Gasteiger partial charge in [-0.25, -0.2) is 0 Å². The van der Waals surface area contributed by atoms with E-state index in [1.807, 2.05) is 0 Å². The summed E-state index contributed by atoms with van der Waals surface area (Å²) in [5.74, 6) is -2.90. The standard InChI is InChI=1S/C10H14O4/c1-5-3-8(10(13)14)6(2)4-7(5)9(11)12/h3,6-8H,4H2,1-2H3,(H,11,12)(H,13,14). The topological polar surface area (TPSA) is 74.6 Å². The first kappa shape index (κ1) is 10.8. The van der Waals surface area contributed by atoms with Crippen LogP contribution in [0.5, 0.6) is 0 Å². The summed E-state index contributed by atoms with van der Waals surface area (Å²) in [4.78, 5) is 21.6. The normalized spacial score (nSPS) is 32.1. The van der Waals surface area contributed by atoms with Crippen molar-refractivity contribution in [2.75, 3.05) is 0 Å². The summed E-state index contributed by atoms with van der Waals surface area (Å²) in [5, 5.41) is 17.7. The number of carbonyl (C=O) groups is 2. The van der Waals surface area contributed by atoms with Crippen LogP contribution in [0.4, 0.5) is 0 Å². The van der Waals surface area contributed by atoms with Crippen LogP contribution in [0.3, 0.4) is 0 Å². The molecule has 0 heterocycles. The molecule has 0 amide bonds. The van der Waals surface area contributed by atoms with Crippen molar-refractivity contribution in [2.45, 2.75) is 20.3 Å². The molecule has 0 saturated carbocycles. The molecule has 0 aliphatic heterocycles. The molecule has 3 atom stereocenters. The molecule has 0 aromatic rings. The lowest BCUT2D eigenvalue weighted by Crippen LogP contribution is -2.30. The third kappa shape index (κ3) is 1.95. The summed E-state index contributed by atoms with van der Waals surface area (Å²) >= 11 is 0. The summed E-state index contributed by atoms with van der Waals surface area (Å²) in [6, 6.07) is 0. The lowest BCUT2D eigenvalue weighted by Gasteiger charge is -2.27. The minimum atomic E-state index is -0.874. The van der Waals surface area contributed by atoms with Crippen molar-refractivity contribution in [3.8, 4) is 0 Å². The Balaban J connectivity index is 2.92. The van der Waals surface area contributed by atoms with Crippen molar-refractivity contribution >= 4 is 11.9 Å². The van der Waals surface area contributed by atoms with Crippen molar-refractivity contribution in [1.29, 1.82) is 0 Å². The van der Waals surface area contributed by atoms with E-state index in [0.29, 0.717) is 12.0 Å². The number of carboxylic acids is 2. The van der Waals surface area contributed by atoms with Crippen LogP contribution in [0.25, 0.3) is 0 Å². The van der Waals surface area contributed by atoms with Gasteiger partial charge in [0.05, 0.1) is 11.8 Å². The SMILES string of the molecule is CC1=CC(C(=O)O)C(C)CC1C(=O)O. The highest BCUT2D eigenvalue weighted by Gasteiger charge is 2.33. The smallest absolute Gasteiger partial charge is 0.310 e. The quantitative estimate of drug-likeness (QED) is 0.657. The largest absolute Gasteiger partial charge is 0.481 e. The van der Waals surface area contributed by atoms with E-state index in [1.54, 1.807) is 19.9 Å². The highest BCUT2D eigenvalue weighted by atomic mass is 16.4. The average Bonchev–Trinajstić information content (AvgIpc) is 2.07. The number of aliphatic carboxylic acids is 2. The van der Waals surface area contributed by atoms with E-state index >= 15 is 0 Å². The van der Waals surface area contributed by atoms with Crippen molar-refractivity contribution in [3.63, 3.8) is 0 Å². The second-order valence-electron chi connectivity index (χ2n) is 3.88. The lowest BCUT2D eigenvalue weighted by atomic mass is 9.76. The molecule has 0 radical (unpaired) electrons. The molecule has 0 spiro atoms. The lowest BCUT2D eigenvalue weighted by molar-refractivity contribution is -0.145. The van der Waals surface area contributed by atoms with Crippen molar-refractivity contribution in [3.05, 3.63) is 11.6 Å². The van der Waals surface area contributed by atoms with Gasteiger partial charge in [-0.15, -0.1) is 0 Å². The maximum atomic E-state index is 10.8. The Bertz CT molecular complexity index is 292. The Labute approximate surface area is 82.2 Å². The van der Waals surface area contributed by atoms with Gasteiger partial charge in [-0.2, -0.15) is 0 Å². The van der Waals surface area contributed by atoms with Gasteiger partial charge in [0.25, 0.3) is 0 Å². The zero-order chi connectivity index (χ0) is 10.9. The molecule has 2 N–H and O–H groups in total. The molecule has 1 rings (SSSR count). The molecule has 1 aliphatic carbocycles. The number of hydrogen-bond donors (Lipinski definition) is 2. The maximum absolute atomic E-state index is 10.8. The highest BCUT2D eigenvalue weighted by Crippen LogP contribution is 2.33. The number of rotatable bonds is 2. The molecule has 0 fully saturated rings. The maximum Gasteiger partial charge on any atom is 0.310 e. The summed E-state index contributed by atoms with van der Waals surface area (Å²) < 4.78 is 0. The van der Waals surface area contributed by atoms with E-state index in [2.05, 4.69) is 0 Å². The molecule has 0 aromatic heterocycles. The summed E-state index contributed by atoms with van der Waals surface area (Å²) in [6.07, 6.45) is 1.98. The Kier molecular flexibility index (Phi) is 2.93. The van der Waals surface area contributed by atoms with E-state index in [9.17, 15) is 9.59 Å². The van der Waals surface area contributed by atoms with Crippen molar-refractivity contribution < 1.29 is 19.8 Å². The monoisotopic (exact) mass is 198 g/mol. The van der Waals surface area contributed by atoms with Crippen LogP contribution in [-0.4, -0.2) is 22.2 Å². The Morgan fingerprint density at radius 1 is 1.36 bits per heavy atom. The van der Waals surface area contributed by atoms with Crippen molar-refractivity contribution in [1.82, 2.24) is 0 Å². The third-order valence-corrected chi connectivity index (χ3v) is 2.80. The van der Waals surface area contributed by atoms with Gasteiger partial charge >= 0.3 is 11.9 Å². The van der Waals surface area contributed by atoms with Crippen LogP contribution in [-0.2, 0) is 9.59 Å². The van der Waals surface area contributed by atoms with E-state index in [0.717, 1.165) is 0 Å². The molecule has 1 aliphatic rings. The predicted molar refractivity (Wildman–Crippen MR) is 49.8 cm³/mol. The zero-order valence-corrected chi connectivity index (χ0v) is 8.23. The first-order valence-corrected chi connectivity index (χ1v) is 4.57. The molecule has 0 saturated heterocycles. The van der Waals surface area contributed by atoms with Crippen LogP contribution in [0, 0.1) is 17.8 Å². The Morgan fingerprint density at radius 3 is 2.36 bits per heavy atom. The zero-order valence-electron chi connectivity index (χ0n) is 8.23. The van der Waals surface area contributed by atoms with E-state index < -0.39 is 23.8 Å². The molecule has 3 unspecified atom stereocenters. The van der Waals surface area contributed by atoms with Gasteiger partial charge in [-0.05, 0) is 19.3 Å². The second-order valence-corrected chi connectivity index (χ2v) is 3.88. The van der Waals surface area contributed by atoms with Crippen LogP contribution >= 0.6 is 0 Å². The van der Waals surface area contributed by atoms with Crippen LogP contribution in [0.2, 0.25) is 0 Å². The van der Waals surface area contributed by atoms with Gasteiger partial charge in [-0.3, -0.25) is 9.59 Å². The van der Waals surface area contributed by atoms with E-state index in [1.165, 1.54) is 0 Å². The van der Waals surface area contributed by atoms with Crippen LogP contribution in [0.15, 0.2) is 11.6 Å². The highest BCUT2D eigenvalue weighted by molar-refractivity contribution is 5.77. The van der Waals surface area contributed by atoms with Crippen LogP contribution in [0.1, 0.15) is 20.3 Å². The molecule has 14 heavy (non-hydrogen) atoms. The van der Waals surface area contributed by atoms with Gasteiger partial charge in [0.1, 0.15) is 0 Å². The van der Waals surface area contributed by atoms with Gasteiger partial charge in [0.2, 0.25) is 0 Å². The van der Waals surface area contributed by atoms with Gasteiger partial charge in [0, 0.05) is 0 Å². The fourth-order valence-corrected chi connectivity index (χ4v) is 1.88. The minimum Gasteiger partial charge on any atom is -0.481 e. The van der Waals surface area contributed by atoms with Gasteiger partial charge < -0.3 is 10.2 Å². The Hall–Kier alpha value is -1.32. The molecular weight excluding hydrogens is 184 g/mol. The van der Waals surface area contributed by atoms with Crippen molar-refractivity contribution in [2.24, 2.45) is 17.8 Å². The molecule has 0 bridgehead atoms. The minimum absolute atomic E-state index is 0.114. The third-order valence-electron chi connectivity index (χ3n) is 2.80. The predicted octanol–water partition coefficient (Wildman–Crippen LogP) is 1.37. The van der Waals surface area contributed by atoms with Crippen LogP contribution < -0.4 is 0 Å². The molecule has 78 valence electrons.